The Morgan fingerprint density at radius 1 is 1.67 bits per heavy atom. The zero-order valence-corrected chi connectivity index (χ0v) is 7.56. The molecule has 0 aliphatic heterocycles. The first kappa shape index (κ1) is 11.1. The second-order valence-electron chi connectivity index (χ2n) is 2.04. The van der Waals surface area contributed by atoms with Gasteiger partial charge in [0.05, 0.1) is 6.26 Å². The quantitative estimate of drug-likeness (QED) is 0.355. The van der Waals surface area contributed by atoms with Crippen molar-refractivity contribution in [2.24, 2.45) is 0 Å². The highest BCUT2D eigenvalue weighted by Crippen LogP contribution is 1.79. The minimum Gasteiger partial charge on any atom is -0.461 e. The summed E-state index contributed by atoms with van der Waals surface area (Å²) in [5.41, 5.74) is 0. The molecule has 0 aromatic heterocycles. The standard InChI is InChI=1S/C6H11NO4S/c1-3-6(8)11-5-4-7-12(2,9)10/h3,7H,1,4-5H2,2H3. The Morgan fingerprint density at radius 2 is 2.25 bits per heavy atom. The van der Waals surface area contributed by atoms with Gasteiger partial charge in [-0.25, -0.2) is 17.9 Å². The van der Waals surface area contributed by atoms with E-state index < -0.39 is 16.0 Å². The summed E-state index contributed by atoms with van der Waals surface area (Å²) in [6.07, 6.45) is 2.04. The minimum absolute atomic E-state index is 0.0118. The van der Waals surface area contributed by atoms with Crippen LogP contribution in [-0.2, 0) is 19.6 Å². The lowest BCUT2D eigenvalue weighted by Crippen LogP contribution is -2.26. The number of nitrogens with one attached hydrogen (secondary N) is 1. The van der Waals surface area contributed by atoms with Crippen molar-refractivity contribution in [2.75, 3.05) is 19.4 Å². The summed E-state index contributed by atoms with van der Waals surface area (Å²) in [4.78, 5) is 10.4. The second kappa shape index (κ2) is 4.89. The SMILES string of the molecule is C=CC(=O)OCCNS(C)(=O)=O. The van der Waals surface area contributed by atoms with Crippen LogP contribution >= 0.6 is 0 Å². The average molecular weight is 193 g/mol. The topological polar surface area (TPSA) is 72.5 Å². The number of carbonyl (C=O) groups is 1. The van der Waals surface area contributed by atoms with Crippen molar-refractivity contribution in [2.45, 2.75) is 0 Å². The fourth-order valence-corrected chi connectivity index (χ4v) is 0.892. The van der Waals surface area contributed by atoms with Gasteiger partial charge < -0.3 is 4.74 Å². The van der Waals surface area contributed by atoms with Crippen LogP contribution in [0, 0.1) is 0 Å². The molecule has 0 spiro atoms. The molecule has 0 aromatic carbocycles. The van der Waals surface area contributed by atoms with Gasteiger partial charge in [0.2, 0.25) is 10.0 Å². The molecule has 0 aliphatic carbocycles. The molecule has 12 heavy (non-hydrogen) atoms. The molecule has 70 valence electrons. The molecule has 5 nitrogen and oxygen atoms in total. The number of sulfonamides is 1. The van der Waals surface area contributed by atoms with E-state index in [1.54, 1.807) is 0 Å². The predicted octanol–water partition coefficient (Wildman–Crippen LogP) is -0.735. The molecule has 0 aliphatic rings. The molecular formula is C6H11NO4S. The van der Waals surface area contributed by atoms with Crippen molar-refractivity contribution in [3.8, 4) is 0 Å². The third-order valence-corrected chi connectivity index (χ3v) is 1.61. The summed E-state index contributed by atoms with van der Waals surface area (Å²) in [7, 11) is -3.20. The Kier molecular flexibility index (Phi) is 4.53. The molecule has 0 radical (unpaired) electrons. The molecule has 0 atom stereocenters. The van der Waals surface area contributed by atoms with Crippen LogP contribution in [0.2, 0.25) is 0 Å². The van der Waals surface area contributed by atoms with E-state index in [0.29, 0.717) is 0 Å². The van der Waals surface area contributed by atoms with Crippen molar-refractivity contribution in [1.82, 2.24) is 4.72 Å². The Morgan fingerprint density at radius 3 is 2.67 bits per heavy atom. The summed E-state index contributed by atoms with van der Waals surface area (Å²) in [5.74, 6) is -0.565. The monoisotopic (exact) mass is 193 g/mol. The van der Waals surface area contributed by atoms with Gasteiger partial charge in [-0.2, -0.15) is 0 Å². The highest BCUT2D eigenvalue weighted by Gasteiger charge is 1.99. The Hall–Kier alpha value is -0.880. The minimum atomic E-state index is -3.20. The zero-order chi connectivity index (χ0) is 9.61. The number of esters is 1. The van der Waals surface area contributed by atoms with E-state index in [0.717, 1.165) is 12.3 Å². The summed E-state index contributed by atoms with van der Waals surface area (Å²) in [6.45, 7) is 3.27. The van der Waals surface area contributed by atoms with Gasteiger partial charge in [-0.05, 0) is 0 Å². The van der Waals surface area contributed by atoms with Gasteiger partial charge in [0.15, 0.2) is 0 Å². The first-order valence-corrected chi connectivity index (χ1v) is 5.08. The van der Waals surface area contributed by atoms with Crippen molar-refractivity contribution in [3.05, 3.63) is 12.7 Å². The maximum atomic E-state index is 10.5. The number of hydrogen-bond acceptors (Lipinski definition) is 4. The fraction of sp³-hybridized carbons (Fsp3) is 0.500. The predicted molar refractivity (Wildman–Crippen MR) is 44.0 cm³/mol. The third-order valence-electron chi connectivity index (χ3n) is 0.877. The van der Waals surface area contributed by atoms with Crippen molar-refractivity contribution in [3.63, 3.8) is 0 Å². The van der Waals surface area contributed by atoms with E-state index in [1.807, 2.05) is 0 Å². The first-order chi connectivity index (χ1) is 5.45. The molecule has 0 fully saturated rings. The van der Waals surface area contributed by atoms with E-state index >= 15 is 0 Å². The number of ether oxygens (including phenoxy) is 1. The highest BCUT2D eigenvalue weighted by molar-refractivity contribution is 7.88. The van der Waals surface area contributed by atoms with Crippen LogP contribution in [0.15, 0.2) is 12.7 Å². The van der Waals surface area contributed by atoms with Crippen molar-refractivity contribution < 1.29 is 17.9 Å². The van der Waals surface area contributed by atoms with E-state index in [4.69, 9.17) is 0 Å². The maximum absolute atomic E-state index is 10.5. The van der Waals surface area contributed by atoms with Gasteiger partial charge in [-0.1, -0.05) is 6.58 Å². The van der Waals surface area contributed by atoms with Gasteiger partial charge in [-0.3, -0.25) is 0 Å². The van der Waals surface area contributed by atoms with Gasteiger partial charge in [0, 0.05) is 12.6 Å². The maximum Gasteiger partial charge on any atom is 0.330 e. The molecule has 0 rings (SSSR count). The fourth-order valence-electron chi connectivity index (χ4n) is 0.438. The van der Waals surface area contributed by atoms with E-state index in [2.05, 4.69) is 16.0 Å². The highest BCUT2D eigenvalue weighted by atomic mass is 32.2. The van der Waals surface area contributed by atoms with E-state index in [-0.39, 0.29) is 13.2 Å². The molecule has 0 saturated heterocycles. The summed E-state index contributed by atoms with van der Waals surface area (Å²) < 4.78 is 27.6. The summed E-state index contributed by atoms with van der Waals surface area (Å²) in [5, 5.41) is 0. The lowest BCUT2D eigenvalue weighted by molar-refractivity contribution is -0.137. The second-order valence-corrected chi connectivity index (χ2v) is 3.87. The molecule has 0 unspecified atom stereocenters. The molecule has 0 amide bonds. The van der Waals surface area contributed by atoms with Crippen LogP contribution in [0.3, 0.4) is 0 Å². The number of carbonyl (C=O) groups excluding carboxylic acids is 1. The molecule has 0 bridgehead atoms. The van der Waals surface area contributed by atoms with Crippen molar-refractivity contribution >= 4 is 16.0 Å². The van der Waals surface area contributed by atoms with E-state index in [9.17, 15) is 13.2 Å². The molecule has 0 heterocycles. The lowest BCUT2D eigenvalue weighted by atomic mass is 10.6. The summed E-state index contributed by atoms with van der Waals surface area (Å²) in [6, 6.07) is 0. The molecule has 0 saturated carbocycles. The van der Waals surface area contributed by atoms with E-state index in [1.165, 1.54) is 0 Å². The largest absolute Gasteiger partial charge is 0.461 e. The molecule has 1 N–H and O–H groups in total. The van der Waals surface area contributed by atoms with Crippen LogP contribution < -0.4 is 4.72 Å². The average Bonchev–Trinajstić information content (AvgIpc) is 1.96. The van der Waals surface area contributed by atoms with Crippen LogP contribution in [-0.4, -0.2) is 33.8 Å². The van der Waals surface area contributed by atoms with Crippen LogP contribution in [0.25, 0.3) is 0 Å². The van der Waals surface area contributed by atoms with Crippen LogP contribution in [0.4, 0.5) is 0 Å². The molecular weight excluding hydrogens is 182 g/mol. The van der Waals surface area contributed by atoms with Gasteiger partial charge in [0.25, 0.3) is 0 Å². The zero-order valence-electron chi connectivity index (χ0n) is 6.74. The van der Waals surface area contributed by atoms with Gasteiger partial charge in [-0.15, -0.1) is 0 Å². The first-order valence-electron chi connectivity index (χ1n) is 3.19. The number of rotatable bonds is 5. The Labute approximate surface area is 71.5 Å². The lowest BCUT2D eigenvalue weighted by Gasteiger charge is -2.01. The van der Waals surface area contributed by atoms with Gasteiger partial charge >= 0.3 is 5.97 Å². The smallest absolute Gasteiger partial charge is 0.330 e. The van der Waals surface area contributed by atoms with Crippen molar-refractivity contribution in [1.29, 1.82) is 0 Å². The third kappa shape index (κ3) is 7.23. The Balaban J connectivity index is 3.47. The molecule has 0 aromatic rings. The van der Waals surface area contributed by atoms with Crippen LogP contribution in [0.5, 0.6) is 0 Å². The Bertz CT molecular complexity index is 257. The van der Waals surface area contributed by atoms with Gasteiger partial charge in [0.1, 0.15) is 6.61 Å². The number of hydrogen-bond donors (Lipinski definition) is 1. The van der Waals surface area contributed by atoms with Crippen LogP contribution in [0.1, 0.15) is 0 Å². The molecule has 6 heteroatoms. The normalized spacial score (nSPS) is 10.8. The summed E-state index contributed by atoms with van der Waals surface area (Å²) >= 11 is 0.